The minimum Gasteiger partial charge on any atom is -0.381 e. The first-order valence-electron chi connectivity index (χ1n) is 5.42. The number of fused-ring (bicyclic) bond motifs is 1. The number of hydrogen-bond acceptors (Lipinski definition) is 7. The average molecular weight is 291 g/mol. The summed E-state index contributed by atoms with van der Waals surface area (Å²) in [7, 11) is 0. The molecule has 0 spiro atoms. The lowest BCUT2D eigenvalue weighted by atomic mass is 10.3. The van der Waals surface area contributed by atoms with E-state index in [4.69, 9.17) is 17.3 Å². The lowest BCUT2D eigenvalue weighted by molar-refractivity contribution is 0.826. The number of benzene rings is 1. The number of halogens is 1. The largest absolute Gasteiger partial charge is 0.381 e. The number of nitrogen functional groups attached to an aromatic ring is 1. The molecule has 3 rings (SSSR count). The van der Waals surface area contributed by atoms with Crippen molar-refractivity contribution < 1.29 is 0 Å². The van der Waals surface area contributed by atoms with E-state index in [1.54, 1.807) is 24.3 Å². The summed E-state index contributed by atoms with van der Waals surface area (Å²) in [5, 5.41) is 18.9. The van der Waals surface area contributed by atoms with Gasteiger partial charge in [-0.3, -0.25) is 9.78 Å². The van der Waals surface area contributed by atoms with Crippen molar-refractivity contribution in [1.82, 2.24) is 25.0 Å². The second-order valence-electron chi connectivity index (χ2n) is 3.78. The number of H-pyrrole nitrogens is 1. The van der Waals surface area contributed by atoms with Gasteiger partial charge in [0.05, 0.1) is 5.69 Å². The van der Waals surface area contributed by atoms with Gasteiger partial charge in [-0.05, 0) is 28.6 Å². The summed E-state index contributed by atoms with van der Waals surface area (Å²) in [6, 6.07) is 6.71. The van der Waals surface area contributed by atoms with Gasteiger partial charge in [-0.2, -0.15) is 9.63 Å². The molecule has 2 aromatic heterocycles. The number of anilines is 1. The predicted octanol–water partition coefficient (Wildman–Crippen LogP) is 1.46. The minimum atomic E-state index is -0.532. The molecule has 0 bridgehead atoms. The Hall–Kier alpha value is -2.81. The molecule has 2 heterocycles. The number of nitrogens with one attached hydrogen (secondary N) is 1. The van der Waals surface area contributed by atoms with Crippen LogP contribution in [0.5, 0.6) is 0 Å². The van der Waals surface area contributed by atoms with Crippen LogP contribution in [0.25, 0.3) is 5.78 Å². The van der Waals surface area contributed by atoms with Gasteiger partial charge in [-0.15, -0.1) is 5.11 Å². The number of aromatic amines is 1. The molecule has 0 aliphatic carbocycles. The number of azo groups is 1. The van der Waals surface area contributed by atoms with Crippen molar-refractivity contribution in [3.8, 4) is 0 Å². The first-order valence-corrected chi connectivity index (χ1v) is 5.80. The second-order valence-corrected chi connectivity index (χ2v) is 4.22. The summed E-state index contributed by atoms with van der Waals surface area (Å²) in [6.07, 6.45) is 0. The molecule has 0 amide bonds. The number of rotatable bonds is 2. The number of nitrogens with two attached hydrogens (primary N) is 1. The first kappa shape index (κ1) is 12.2. The van der Waals surface area contributed by atoms with E-state index in [0.717, 1.165) is 4.52 Å². The maximum absolute atomic E-state index is 11.8. The van der Waals surface area contributed by atoms with Crippen LogP contribution in [0.1, 0.15) is 0 Å². The molecule has 0 aliphatic rings. The highest BCUT2D eigenvalue weighted by Crippen LogP contribution is 2.22. The van der Waals surface area contributed by atoms with E-state index in [1.165, 1.54) is 0 Å². The highest BCUT2D eigenvalue weighted by atomic mass is 35.5. The summed E-state index contributed by atoms with van der Waals surface area (Å²) in [5.41, 5.74) is 5.66. The Labute approximate surface area is 116 Å². The van der Waals surface area contributed by atoms with Crippen LogP contribution in [0.4, 0.5) is 17.2 Å². The molecular weight excluding hydrogens is 284 g/mol. The summed E-state index contributed by atoms with van der Waals surface area (Å²) in [5.74, 6) is 0.133. The third kappa shape index (κ3) is 2.10. The normalized spacial score (nSPS) is 11.4. The van der Waals surface area contributed by atoms with Crippen molar-refractivity contribution in [1.29, 1.82) is 0 Å². The Kier molecular flexibility index (Phi) is 2.88. The van der Waals surface area contributed by atoms with Gasteiger partial charge in [0.2, 0.25) is 0 Å². The van der Waals surface area contributed by atoms with Crippen molar-refractivity contribution in [3.05, 3.63) is 39.6 Å². The van der Waals surface area contributed by atoms with Crippen LogP contribution in [-0.2, 0) is 0 Å². The topological polar surface area (TPSA) is 127 Å². The van der Waals surface area contributed by atoms with Gasteiger partial charge >= 0.3 is 0 Å². The van der Waals surface area contributed by atoms with E-state index < -0.39 is 5.56 Å². The van der Waals surface area contributed by atoms with Gasteiger partial charge in [0.25, 0.3) is 11.3 Å². The second kappa shape index (κ2) is 4.70. The summed E-state index contributed by atoms with van der Waals surface area (Å²) in [4.78, 5) is 14.3. The molecule has 3 N–H and O–H groups in total. The van der Waals surface area contributed by atoms with E-state index in [2.05, 4.69) is 30.7 Å². The Bertz CT molecular complexity index is 867. The van der Waals surface area contributed by atoms with Gasteiger partial charge in [-0.1, -0.05) is 22.8 Å². The Balaban J connectivity index is 2.08. The van der Waals surface area contributed by atoms with Crippen molar-refractivity contribution in [2.45, 2.75) is 0 Å². The van der Waals surface area contributed by atoms with E-state index in [-0.39, 0.29) is 17.3 Å². The summed E-state index contributed by atoms with van der Waals surface area (Å²) >= 11 is 5.83. The molecule has 3 aromatic rings. The predicted molar refractivity (Wildman–Crippen MR) is 71.4 cm³/mol. The van der Waals surface area contributed by atoms with Crippen molar-refractivity contribution >= 4 is 34.6 Å². The molecule has 20 heavy (non-hydrogen) atoms. The fourth-order valence-electron chi connectivity index (χ4n) is 1.55. The summed E-state index contributed by atoms with van der Waals surface area (Å²) in [6.45, 7) is 0. The van der Waals surface area contributed by atoms with E-state index in [0.29, 0.717) is 10.7 Å². The fourth-order valence-corrected chi connectivity index (χ4v) is 1.73. The number of aromatic nitrogens is 5. The minimum absolute atomic E-state index is 0.000437. The zero-order valence-corrected chi connectivity index (χ0v) is 10.6. The molecule has 1 aromatic carbocycles. The molecule has 0 fully saturated rings. The van der Waals surface area contributed by atoms with Gasteiger partial charge < -0.3 is 5.73 Å². The van der Waals surface area contributed by atoms with E-state index >= 15 is 0 Å². The van der Waals surface area contributed by atoms with Crippen molar-refractivity contribution in [2.75, 3.05) is 5.73 Å². The van der Waals surface area contributed by atoms with Crippen molar-refractivity contribution in [3.63, 3.8) is 0 Å². The van der Waals surface area contributed by atoms with Crippen LogP contribution < -0.4 is 11.3 Å². The zero-order chi connectivity index (χ0) is 14.1. The molecule has 100 valence electrons. The first-order chi connectivity index (χ1) is 9.65. The van der Waals surface area contributed by atoms with E-state index in [1.807, 2.05) is 0 Å². The quantitative estimate of drug-likeness (QED) is 0.691. The lowest BCUT2D eigenvalue weighted by Crippen LogP contribution is -2.13. The number of tetrazole rings is 1. The molecule has 9 nitrogen and oxygen atoms in total. The molecule has 0 radical (unpaired) electrons. The Morgan fingerprint density at radius 2 is 2.20 bits per heavy atom. The fraction of sp³-hybridized carbons (Fsp3) is 0. The molecule has 0 saturated carbocycles. The third-order valence-corrected chi connectivity index (χ3v) is 2.69. The van der Waals surface area contributed by atoms with Crippen LogP contribution in [0.15, 0.2) is 39.3 Å². The average Bonchev–Trinajstić information content (AvgIpc) is 2.87. The Morgan fingerprint density at radius 1 is 1.35 bits per heavy atom. The van der Waals surface area contributed by atoms with Crippen molar-refractivity contribution in [2.24, 2.45) is 10.2 Å². The molecule has 0 aliphatic heterocycles. The highest BCUT2D eigenvalue weighted by molar-refractivity contribution is 6.30. The van der Waals surface area contributed by atoms with Crippen LogP contribution in [-0.4, -0.2) is 25.0 Å². The third-order valence-electron chi connectivity index (χ3n) is 2.45. The molecule has 0 atom stereocenters. The van der Waals surface area contributed by atoms with Gasteiger partial charge in [0, 0.05) is 5.02 Å². The molecule has 0 saturated heterocycles. The molecule has 10 heteroatoms. The number of hydrogen-bond donors (Lipinski definition) is 2. The highest BCUT2D eigenvalue weighted by Gasteiger charge is 2.11. The van der Waals surface area contributed by atoms with E-state index in [9.17, 15) is 4.79 Å². The number of nitrogens with zero attached hydrogens (tertiary/aromatic N) is 6. The smallest absolute Gasteiger partial charge is 0.282 e. The summed E-state index contributed by atoms with van der Waals surface area (Å²) < 4.78 is 1.16. The molecular formula is C10H7ClN8O. The van der Waals surface area contributed by atoms with Crippen LogP contribution in [0, 0.1) is 0 Å². The van der Waals surface area contributed by atoms with Gasteiger partial charge in [0.1, 0.15) is 0 Å². The van der Waals surface area contributed by atoms with Crippen LogP contribution >= 0.6 is 11.6 Å². The Morgan fingerprint density at radius 3 is 3.00 bits per heavy atom. The maximum Gasteiger partial charge on any atom is 0.282 e. The molecule has 0 unspecified atom stereocenters. The lowest BCUT2D eigenvalue weighted by Gasteiger charge is -1.99. The van der Waals surface area contributed by atoms with Gasteiger partial charge in [0.15, 0.2) is 11.5 Å². The monoisotopic (exact) mass is 290 g/mol. The standard InChI is InChI=1S/C10H7ClN8O/c11-5-2-1-3-6(4-5)14-15-7-8(12)19-10(13-9(7)20)16-17-18-19/h1-4H,12H2,(H,13,16,18,20). The SMILES string of the molecule is Nc1c(N=Nc2cccc(Cl)c2)c(=O)[nH]c2nnnn12. The maximum atomic E-state index is 11.8. The van der Waals surface area contributed by atoms with Gasteiger partial charge in [-0.25, -0.2) is 0 Å². The van der Waals surface area contributed by atoms with Crippen LogP contribution in [0.2, 0.25) is 5.02 Å². The zero-order valence-electron chi connectivity index (χ0n) is 9.86. The van der Waals surface area contributed by atoms with Crippen LogP contribution in [0.3, 0.4) is 0 Å².